The van der Waals surface area contributed by atoms with Crippen molar-refractivity contribution < 1.29 is 124 Å². The van der Waals surface area contributed by atoms with Crippen molar-refractivity contribution in [2.75, 3.05) is 7.11 Å². The van der Waals surface area contributed by atoms with Crippen LogP contribution < -0.4 is 14.2 Å². The highest BCUT2D eigenvalue weighted by Gasteiger charge is 2.61. The second kappa shape index (κ2) is 71.4. The number of Topliss-reactive ketones (excluding diaryl/α,β-unsaturated/α-hetero) is 3. The number of thioether (sulfide) groups is 1. The van der Waals surface area contributed by atoms with E-state index < -0.39 is 35.2 Å². The first-order valence-corrected chi connectivity index (χ1v) is 41.3. The maximum Gasteiger partial charge on any atom is 0.332 e. The van der Waals surface area contributed by atoms with Crippen molar-refractivity contribution in [3.63, 3.8) is 0 Å². The van der Waals surface area contributed by atoms with E-state index in [2.05, 4.69) is 45.6 Å². The van der Waals surface area contributed by atoms with Crippen LogP contribution in [0.5, 0.6) is 17.4 Å². The van der Waals surface area contributed by atoms with Crippen molar-refractivity contribution in [3.8, 4) is 17.4 Å². The number of fused-ring (bicyclic) bond motifs is 5. The number of azide groups is 1. The summed E-state index contributed by atoms with van der Waals surface area (Å²) in [5.74, 6) is -2.51. The van der Waals surface area contributed by atoms with Gasteiger partial charge in [-0.15, -0.1) is 10.1 Å². The molecule has 4 aromatic rings. The zero-order valence-electron chi connectivity index (χ0n) is 74.6. The van der Waals surface area contributed by atoms with E-state index in [1.807, 2.05) is 96.2 Å². The van der Waals surface area contributed by atoms with E-state index in [1.165, 1.54) is 30.0 Å². The molecule has 5 unspecified atom stereocenters. The fourth-order valence-electron chi connectivity index (χ4n) is 8.23. The van der Waals surface area contributed by atoms with Crippen molar-refractivity contribution >= 4 is 129 Å². The van der Waals surface area contributed by atoms with Gasteiger partial charge in [-0.05, 0) is 131 Å². The molecule has 3 aliphatic heterocycles. The fraction of sp³-hybridized carbons (Fsp3) is 0.477. The molecule has 2 bridgehead atoms. The number of methoxy groups -OCH3 is 1. The van der Waals surface area contributed by atoms with Crippen molar-refractivity contribution in [2.45, 2.75) is 251 Å². The minimum Gasteiger partial charge on any atom is -0.469 e. The first-order chi connectivity index (χ1) is 58.6. The lowest BCUT2D eigenvalue weighted by Crippen LogP contribution is -2.35. The number of alkyl halides is 1. The highest BCUT2D eigenvalue weighted by atomic mass is 35.5. The molecule has 1 saturated carbocycles. The van der Waals surface area contributed by atoms with Crippen LogP contribution in [-0.2, 0) is 110 Å². The van der Waals surface area contributed by atoms with Gasteiger partial charge in [-0.2, -0.15) is 0 Å². The molecule has 5 aliphatic rings. The van der Waals surface area contributed by atoms with Gasteiger partial charge in [-0.3, -0.25) is 67.2 Å². The number of hydroxylamine groups is 4. The van der Waals surface area contributed by atoms with Gasteiger partial charge in [0.15, 0.2) is 10.7 Å². The van der Waals surface area contributed by atoms with E-state index in [0.717, 1.165) is 22.6 Å². The number of aromatic nitrogens is 2. The Hall–Kier alpha value is -12.2. The molecule has 682 valence electrons. The number of hydrogen-bond donors (Lipinski definition) is 0. The minimum atomic E-state index is -0.571. The molecule has 0 N–H and O–H groups in total. The van der Waals surface area contributed by atoms with E-state index in [9.17, 15) is 86.3 Å². The number of carbonyl (C=O) groups excluding carboxylic acids is 18. The number of benzene rings is 2. The molecule has 2 aromatic carbocycles. The van der Waals surface area contributed by atoms with Crippen molar-refractivity contribution in [3.05, 3.63) is 156 Å². The Labute approximate surface area is 735 Å². The van der Waals surface area contributed by atoms with Crippen molar-refractivity contribution in [1.82, 2.24) is 25.0 Å². The van der Waals surface area contributed by atoms with Crippen LogP contribution in [0.15, 0.2) is 144 Å². The lowest BCUT2D eigenvalue weighted by molar-refractivity contribution is -0.199. The second-order valence-corrected chi connectivity index (χ2v) is 27.1. The number of allylic oxidation sites excluding steroid dienone is 2. The standard InChI is InChI=1S/C12H13NO4.2C10H12O2.C8H9NO2.C8H9NOS.C7H9NO4.C7H9NO2.C6H10O3.C5H9ClO2.3C4H8O.C3H5N3O/c1-2-8(14)17-13-11(15)9-6-3-4-7(5-6)10(9)12(13)16;2*1-3-10(11)12-9-6-4-8(2)5-7-9;2*1-2-8(10)11-7-5-3-4-6-9-7;1-2-7(11)12-8-5(9)3-4-6(8)10;1-2-6(9)8-5-3-4-7(8)10;1-4-6(7)9-5(2)8-3;1-3-5(7)8-4(2)6;3*1-3-4(2)5;1-2-3(7)5-6-4/h3-4,6-7,9-10H,2,5H2,1H3;2*4-7H,3H2,1-2H3;2*3-6H,2H2,1H3;2-4H2,1H3;3,5H,2,4H2,1H3;2,4H2,1,3H3;4H,3H2,1-2H3;3*3H2,1-2H3;2H2,1H3. The maximum atomic E-state index is 12.0. The average Bonchev–Trinajstić information content (AvgIpc) is 1.57. The number of aryl methyl sites for hydroxylation is 2. The predicted molar refractivity (Wildman–Crippen MR) is 461 cm³/mol. The molecule has 2 aromatic heterocycles. The number of esters is 5. The molecule has 3 fully saturated rings. The molecule has 5 heterocycles. The van der Waals surface area contributed by atoms with Crippen molar-refractivity contribution in [2.24, 2.45) is 28.8 Å². The molecular weight excluding hydrogens is 1650 g/mol. The topological polar surface area (TPSA) is 465 Å². The number of ether oxygens (including phenoxy) is 6. The summed E-state index contributed by atoms with van der Waals surface area (Å²) in [5.41, 5.74) is 9.42. The number of carbonyl (C=O) groups is 18. The minimum absolute atomic E-state index is 0.0434. The highest BCUT2D eigenvalue weighted by Crippen LogP contribution is 2.52. The number of ketones is 3. The Morgan fingerprint density at radius 1 is 0.516 bits per heavy atom. The van der Waals surface area contributed by atoms with Crippen LogP contribution in [0.3, 0.4) is 0 Å². The Bertz CT molecular complexity index is 3950. The summed E-state index contributed by atoms with van der Waals surface area (Å²) < 4.78 is 28.3. The Kier molecular flexibility index (Phi) is 67.9. The third kappa shape index (κ3) is 57.1. The number of amides is 7. The Morgan fingerprint density at radius 3 is 1.23 bits per heavy atom. The summed E-state index contributed by atoms with van der Waals surface area (Å²) in [6.07, 6.45) is 17.4. The smallest absolute Gasteiger partial charge is 0.332 e. The van der Waals surface area contributed by atoms with Crippen LogP contribution in [0.25, 0.3) is 10.4 Å². The van der Waals surface area contributed by atoms with E-state index in [1.54, 1.807) is 151 Å². The molecule has 2 saturated heterocycles. The molecule has 0 radical (unpaired) electrons. The van der Waals surface area contributed by atoms with Crippen LogP contribution in [0.2, 0.25) is 0 Å². The Morgan fingerprint density at radius 2 is 0.919 bits per heavy atom. The molecule has 9 rings (SSSR count). The summed E-state index contributed by atoms with van der Waals surface area (Å²) in [7, 11) is 1.39. The van der Waals surface area contributed by atoms with E-state index in [0.29, 0.717) is 98.1 Å². The van der Waals surface area contributed by atoms with Gasteiger partial charge >= 0.3 is 41.8 Å². The molecule has 0 spiro atoms. The molecule has 7 amide bonds. The lowest BCUT2D eigenvalue weighted by atomic mass is 9.85. The molecule has 124 heavy (non-hydrogen) atoms. The average molecular weight is 1770 g/mol. The third-order valence-corrected chi connectivity index (χ3v) is 16.5. The van der Waals surface area contributed by atoms with Crippen LogP contribution in [-0.4, -0.2) is 143 Å². The monoisotopic (exact) mass is 1770 g/mol. The van der Waals surface area contributed by atoms with Gasteiger partial charge in [0.05, 0.1) is 18.9 Å². The zero-order chi connectivity index (χ0) is 95.4. The van der Waals surface area contributed by atoms with Crippen LogP contribution in [0.1, 0.15) is 238 Å². The van der Waals surface area contributed by atoms with Gasteiger partial charge in [0, 0.05) is 132 Å². The van der Waals surface area contributed by atoms with Crippen LogP contribution >= 0.6 is 23.4 Å². The van der Waals surface area contributed by atoms with Crippen molar-refractivity contribution in [1.29, 1.82) is 0 Å². The number of imide groups is 3. The molecule has 2 aliphatic carbocycles. The second-order valence-electron chi connectivity index (χ2n) is 25.5. The van der Waals surface area contributed by atoms with Gasteiger partial charge in [0.25, 0.3) is 29.6 Å². The molecule has 34 nitrogen and oxygen atoms in total. The molecular formula is C88H121ClN8O26S. The van der Waals surface area contributed by atoms with Gasteiger partial charge < -0.3 is 52.5 Å². The summed E-state index contributed by atoms with van der Waals surface area (Å²) in [5, 5.41) is 4.95. The Balaban J connectivity index is -0.000000638. The van der Waals surface area contributed by atoms with E-state index >= 15 is 0 Å². The fourth-order valence-corrected chi connectivity index (χ4v) is 8.96. The van der Waals surface area contributed by atoms with Gasteiger partial charge in [0.2, 0.25) is 23.6 Å². The van der Waals surface area contributed by atoms with Gasteiger partial charge in [-0.25, -0.2) is 19.6 Å². The maximum absolute atomic E-state index is 12.0. The predicted octanol–water partition coefficient (Wildman–Crippen LogP) is 16.2. The third-order valence-electron chi connectivity index (χ3n) is 15.4. The molecule has 36 heteroatoms. The first-order valence-electron chi connectivity index (χ1n) is 40.1. The number of rotatable bonds is 22. The first kappa shape index (κ1) is 118. The van der Waals surface area contributed by atoms with Gasteiger partial charge in [-0.1, -0.05) is 167 Å². The summed E-state index contributed by atoms with van der Waals surface area (Å²) in [6.45, 7) is 36.3. The van der Waals surface area contributed by atoms with Crippen LogP contribution in [0, 0.1) is 37.5 Å². The summed E-state index contributed by atoms with van der Waals surface area (Å²) in [4.78, 5) is 213. The van der Waals surface area contributed by atoms with E-state index in [-0.39, 0.29) is 138 Å². The summed E-state index contributed by atoms with van der Waals surface area (Å²) in [6, 6.07) is 25.6. The number of hydrogen-bond acceptors (Lipinski definition) is 29. The summed E-state index contributed by atoms with van der Waals surface area (Å²) >= 11 is 6.50. The number of pyridine rings is 2. The number of halogens is 1. The highest BCUT2D eigenvalue weighted by molar-refractivity contribution is 8.13. The zero-order valence-corrected chi connectivity index (χ0v) is 76.2. The van der Waals surface area contributed by atoms with E-state index in [4.69, 9.17) is 36.2 Å². The molecule has 5 atom stereocenters. The SMILES string of the molecule is C=C(OC)OC(=O)CC.CCC(=O)N1C=CCC1=O.CCC(=O)N=[N+]=[N-].CCC(=O)OC(C)Cl.CCC(=O)ON1C(=O)C2C3C=CC(C3)C2C1=O.CCC(=O)ON1C(=O)CCC1=O.CCC(=O)Oc1ccc(C)cc1.CCC(=O)Oc1ccc(C)cc1.CCC(=O)Oc1ccccn1.CCC(=O)Sc1ccccn1.CCC(C)=O.CCC(C)=O.CCC(C)=O. The number of nitrogens with zero attached hydrogens (tertiary/aromatic N) is 8. The van der Waals surface area contributed by atoms with Gasteiger partial charge in [0.1, 0.15) is 33.9 Å². The lowest BCUT2D eigenvalue weighted by Gasteiger charge is -2.15. The quantitative estimate of drug-likeness (QED) is 0.00673. The normalized spacial score (nSPS) is 14.4. The van der Waals surface area contributed by atoms with Crippen LogP contribution in [0.4, 0.5) is 0 Å². The largest absolute Gasteiger partial charge is 0.469 e.